The predicted molar refractivity (Wildman–Crippen MR) is 78.9 cm³/mol. The number of hydrogen-bond acceptors (Lipinski definition) is 3. The van der Waals surface area contributed by atoms with Crippen molar-refractivity contribution in [1.29, 1.82) is 0 Å². The third-order valence-corrected chi connectivity index (χ3v) is 3.68. The molecule has 0 spiro atoms. The van der Waals surface area contributed by atoms with Gasteiger partial charge in [0.15, 0.2) is 0 Å². The number of ether oxygens (including phenoxy) is 2. The first-order valence-electron chi connectivity index (χ1n) is 7.35. The molecule has 1 fully saturated rings. The van der Waals surface area contributed by atoms with Crippen LogP contribution in [0.2, 0.25) is 0 Å². The van der Waals surface area contributed by atoms with Crippen LogP contribution in [0.15, 0.2) is 24.3 Å². The van der Waals surface area contributed by atoms with E-state index < -0.39 is 0 Å². The molecule has 1 aliphatic carbocycles. The zero-order chi connectivity index (χ0) is 13.5. The first kappa shape index (κ1) is 14.2. The van der Waals surface area contributed by atoms with Crippen LogP contribution in [0.5, 0.6) is 5.75 Å². The van der Waals surface area contributed by atoms with E-state index in [2.05, 4.69) is 24.4 Å². The standard InChI is InChI=1S/C16H25NO2/c1-3-12-19-14-10-8-13(9-11-14)17-15-6-4-5-7-16(15)18-2/h8-11,15-17H,3-7,12H2,1-2H3. The van der Waals surface area contributed by atoms with Gasteiger partial charge in [-0.3, -0.25) is 0 Å². The molecule has 1 N–H and O–H groups in total. The maximum atomic E-state index is 5.59. The van der Waals surface area contributed by atoms with Crippen LogP contribution in [0.3, 0.4) is 0 Å². The van der Waals surface area contributed by atoms with Crippen LogP contribution in [-0.2, 0) is 4.74 Å². The SMILES string of the molecule is CCCOc1ccc(NC2CCCCC2OC)cc1. The molecule has 3 nitrogen and oxygen atoms in total. The third-order valence-electron chi connectivity index (χ3n) is 3.68. The lowest BCUT2D eigenvalue weighted by molar-refractivity contribution is 0.0606. The summed E-state index contributed by atoms with van der Waals surface area (Å²) in [5, 5.41) is 3.58. The number of rotatable bonds is 6. The number of benzene rings is 1. The Morgan fingerprint density at radius 1 is 1.16 bits per heavy atom. The Morgan fingerprint density at radius 2 is 1.89 bits per heavy atom. The maximum absolute atomic E-state index is 5.59. The Kier molecular flexibility index (Phi) is 5.52. The molecule has 0 aliphatic heterocycles. The Balaban J connectivity index is 1.90. The average molecular weight is 263 g/mol. The summed E-state index contributed by atoms with van der Waals surface area (Å²) in [5.41, 5.74) is 1.15. The molecule has 106 valence electrons. The molecule has 3 heteroatoms. The maximum Gasteiger partial charge on any atom is 0.119 e. The molecule has 2 unspecified atom stereocenters. The van der Waals surface area contributed by atoms with Gasteiger partial charge < -0.3 is 14.8 Å². The summed E-state index contributed by atoms with van der Waals surface area (Å²) in [6.07, 6.45) is 6.29. The number of anilines is 1. The summed E-state index contributed by atoms with van der Waals surface area (Å²) >= 11 is 0. The van der Waals surface area contributed by atoms with Crippen LogP contribution in [-0.4, -0.2) is 25.9 Å². The largest absolute Gasteiger partial charge is 0.494 e. The van der Waals surface area contributed by atoms with Gasteiger partial charge in [0, 0.05) is 12.8 Å². The van der Waals surface area contributed by atoms with Crippen LogP contribution in [0.4, 0.5) is 5.69 Å². The number of methoxy groups -OCH3 is 1. The molecule has 0 bridgehead atoms. The molecule has 2 atom stereocenters. The molecule has 0 aromatic heterocycles. The van der Waals surface area contributed by atoms with Crippen molar-refractivity contribution in [2.75, 3.05) is 19.0 Å². The van der Waals surface area contributed by atoms with Crippen molar-refractivity contribution in [3.8, 4) is 5.75 Å². The highest BCUT2D eigenvalue weighted by Gasteiger charge is 2.24. The van der Waals surface area contributed by atoms with Crippen LogP contribution < -0.4 is 10.1 Å². The summed E-state index contributed by atoms with van der Waals surface area (Å²) in [5.74, 6) is 0.944. The predicted octanol–water partition coefficient (Wildman–Crippen LogP) is 3.84. The molecule has 2 rings (SSSR count). The number of nitrogens with one attached hydrogen (secondary N) is 1. The Morgan fingerprint density at radius 3 is 2.58 bits per heavy atom. The summed E-state index contributed by atoms with van der Waals surface area (Å²) in [4.78, 5) is 0. The van der Waals surface area contributed by atoms with E-state index in [0.717, 1.165) is 30.9 Å². The van der Waals surface area contributed by atoms with Gasteiger partial charge in [0.05, 0.1) is 18.8 Å². The summed E-state index contributed by atoms with van der Waals surface area (Å²) < 4.78 is 11.2. The van der Waals surface area contributed by atoms with Crippen LogP contribution >= 0.6 is 0 Å². The van der Waals surface area contributed by atoms with E-state index in [4.69, 9.17) is 9.47 Å². The fraction of sp³-hybridized carbons (Fsp3) is 0.625. The smallest absolute Gasteiger partial charge is 0.119 e. The van der Waals surface area contributed by atoms with Crippen LogP contribution in [0.25, 0.3) is 0 Å². The van der Waals surface area contributed by atoms with Gasteiger partial charge in [0.1, 0.15) is 5.75 Å². The fourth-order valence-electron chi connectivity index (χ4n) is 2.63. The minimum Gasteiger partial charge on any atom is -0.494 e. The fourth-order valence-corrected chi connectivity index (χ4v) is 2.63. The third kappa shape index (κ3) is 4.13. The van der Waals surface area contributed by atoms with Gasteiger partial charge in [0.2, 0.25) is 0 Å². The zero-order valence-corrected chi connectivity index (χ0v) is 12.0. The van der Waals surface area contributed by atoms with Crippen molar-refractivity contribution < 1.29 is 9.47 Å². The van der Waals surface area contributed by atoms with Gasteiger partial charge in [-0.15, -0.1) is 0 Å². The second-order valence-corrected chi connectivity index (χ2v) is 5.18. The van der Waals surface area contributed by atoms with Gasteiger partial charge in [-0.2, -0.15) is 0 Å². The Labute approximate surface area is 116 Å². The molecule has 0 heterocycles. The van der Waals surface area contributed by atoms with E-state index in [-0.39, 0.29) is 0 Å². The van der Waals surface area contributed by atoms with E-state index in [1.54, 1.807) is 0 Å². The summed E-state index contributed by atoms with van der Waals surface area (Å²) in [6, 6.07) is 8.67. The van der Waals surface area contributed by atoms with Gasteiger partial charge in [0.25, 0.3) is 0 Å². The normalized spacial score (nSPS) is 23.1. The van der Waals surface area contributed by atoms with Crippen molar-refractivity contribution in [2.24, 2.45) is 0 Å². The molecular formula is C16H25NO2. The van der Waals surface area contributed by atoms with Gasteiger partial charge in [-0.1, -0.05) is 19.8 Å². The highest BCUT2D eigenvalue weighted by molar-refractivity contribution is 5.47. The highest BCUT2D eigenvalue weighted by Crippen LogP contribution is 2.25. The zero-order valence-electron chi connectivity index (χ0n) is 12.0. The lowest BCUT2D eigenvalue weighted by atomic mass is 9.92. The van der Waals surface area contributed by atoms with E-state index in [9.17, 15) is 0 Å². The van der Waals surface area contributed by atoms with E-state index >= 15 is 0 Å². The minimum absolute atomic E-state index is 0.338. The summed E-state index contributed by atoms with van der Waals surface area (Å²) in [7, 11) is 1.81. The number of hydrogen-bond donors (Lipinski definition) is 1. The topological polar surface area (TPSA) is 30.5 Å². The van der Waals surface area contributed by atoms with Gasteiger partial charge in [-0.05, 0) is 43.5 Å². The molecular weight excluding hydrogens is 238 g/mol. The van der Waals surface area contributed by atoms with Crippen molar-refractivity contribution in [3.05, 3.63) is 24.3 Å². The second kappa shape index (κ2) is 7.39. The minimum atomic E-state index is 0.338. The monoisotopic (exact) mass is 263 g/mol. The van der Waals surface area contributed by atoms with E-state index in [0.29, 0.717) is 12.1 Å². The molecule has 1 aromatic carbocycles. The lowest BCUT2D eigenvalue weighted by Crippen LogP contribution is -2.37. The average Bonchev–Trinajstić information content (AvgIpc) is 2.47. The van der Waals surface area contributed by atoms with Crippen LogP contribution in [0.1, 0.15) is 39.0 Å². The molecule has 1 aromatic rings. The van der Waals surface area contributed by atoms with Crippen molar-refractivity contribution >= 4 is 5.69 Å². The molecule has 19 heavy (non-hydrogen) atoms. The van der Waals surface area contributed by atoms with Crippen molar-refractivity contribution in [3.63, 3.8) is 0 Å². The van der Waals surface area contributed by atoms with Crippen molar-refractivity contribution in [1.82, 2.24) is 0 Å². The molecule has 0 radical (unpaired) electrons. The Hall–Kier alpha value is -1.22. The summed E-state index contributed by atoms with van der Waals surface area (Å²) in [6.45, 7) is 2.89. The first-order chi connectivity index (χ1) is 9.33. The van der Waals surface area contributed by atoms with Crippen molar-refractivity contribution in [2.45, 2.75) is 51.2 Å². The first-order valence-corrected chi connectivity index (χ1v) is 7.35. The molecule has 0 saturated heterocycles. The van der Waals surface area contributed by atoms with E-state index in [1.807, 2.05) is 19.2 Å². The molecule has 0 amide bonds. The quantitative estimate of drug-likeness (QED) is 0.845. The molecule has 1 saturated carbocycles. The van der Waals surface area contributed by atoms with Gasteiger partial charge in [-0.25, -0.2) is 0 Å². The van der Waals surface area contributed by atoms with Gasteiger partial charge >= 0.3 is 0 Å². The second-order valence-electron chi connectivity index (χ2n) is 5.18. The molecule has 1 aliphatic rings. The Bertz CT molecular complexity index is 364. The van der Waals surface area contributed by atoms with Crippen LogP contribution in [0, 0.1) is 0 Å². The lowest BCUT2D eigenvalue weighted by Gasteiger charge is -2.31. The highest BCUT2D eigenvalue weighted by atomic mass is 16.5. The van der Waals surface area contributed by atoms with E-state index in [1.165, 1.54) is 19.3 Å².